The molecule has 1 aliphatic rings. The molecule has 2 atom stereocenters. The quantitative estimate of drug-likeness (QED) is 0.814. The highest BCUT2D eigenvalue weighted by atomic mass is 35.5. The van der Waals surface area contributed by atoms with E-state index < -0.39 is 0 Å². The highest BCUT2D eigenvalue weighted by molar-refractivity contribution is 6.20. The van der Waals surface area contributed by atoms with Crippen molar-refractivity contribution in [2.45, 2.75) is 44.4 Å². The summed E-state index contributed by atoms with van der Waals surface area (Å²) in [5.74, 6) is 1.27. The van der Waals surface area contributed by atoms with Gasteiger partial charge in [0.1, 0.15) is 5.75 Å². The van der Waals surface area contributed by atoms with E-state index in [9.17, 15) is 4.79 Å². The van der Waals surface area contributed by atoms with E-state index in [1.54, 1.807) is 0 Å². The number of carbonyl (C=O) groups is 1. The number of nitrogens with one attached hydrogen (secondary N) is 1. The number of amides is 1. The maximum absolute atomic E-state index is 11.8. The van der Waals surface area contributed by atoms with Crippen molar-refractivity contribution >= 4 is 17.5 Å². The second-order valence-corrected chi connectivity index (χ2v) is 6.34. The van der Waals surface area contributed by atoms with Gasteiger partial charge in [-0.1, -0.05) is 25.0 Å². The van der Waals surface area contributed by atoms with Gasteiger partial charge >= 0.3 is 0 Å². The van der Waals surface area contributed by atoms with Gasteiger partial charge in [-0.2, -0.15) is 0 Å². The lowest BCUT2D eigenvalue weighted by molar-refractivity contribution is -0.121. The molecule has 21 heavy (non-hydrogen) atoms. The Hall–Kier alpha value is -1.22. The van der Waals surface area contributed by atoms with Crippen molar-refractivity contribution in [3.05, 3.63) is 29.8 Å². The Balaban J connectivity index is 1.63. The third-order valence-electron chi connectivity index (χ3n) is 3.97. The molecule has 1 saturated carbocycles. The van der Waals surface area contributed by atoms with Gasteiger partial charge in [0.25, 0.3) is 0 Å². The molecule has 1 N–H and O–H groups in total. The minimum Gasteiger partial charge on any atom is -0.493 e. The van der Waals surface area contributed by atoms with Crippen LogP contribution in [0.3, 0.4) is 0 Å². The smallest absolute Gasteiger partial charge is 0.223 e. The second kappa shape index (κ2) is 8.28. The predicted octanol–water partition coefficient (Wildman–Crippen LogP) is 3.68. The Bertz CT molecular complexity index is 464. The Morgan fingerprint density at radius 2 is 2.19 bits per heavy atom. The fraction of sp³-hybridized carbons (Fsp3) is 0.588. The molecule has 2 rings (SSSR count). The number of halogens is 1. The van der Waals surface area contributed by atoms with Crippen LogP contribution in [-0.4, -0.2) is 24.4 Å². The van der Waals surface area contributed by atoms with E-state index in [1.807, 2.05) is 31.2 Å². The predicted molar refractivity (Wildman–Crippen MR) is 85.9 cm³/mol. The van der Waals surface area contributed by atoms with Crippen LogP contribution in [0.5, 0.6) is 5.75 Å². The highest BCUT2D eigenvalue weighted by Crippen LogP contribution is 2.27. The van der Waals surface area contributed by atoms with Gasteiger partial charge in [0, 0.05) is 11.9 Å². The van der Waals surface area contributed by atoms with Gasteiger partial charge in [0.2, 0.25) is 5.91 Å². The third-order valence-corrected chi connectivity index (χ3v) is 4.54. The summed E-state index contributed by atoms with van der Waals surface area (Å²) in [6.07, 6.45) is 5.00. The van der Waals surface area contributed by atoms with Crippen molar-refractivity contribution in [1.29, 1.82) is 0 Å². The molecule has 0 aromatic heterocycles. The summed E-state index contributed by atoms with van der Waals surface area (Å²) < 4.78 is 5.58. The van der Waals surface area contributed by atoms with Crippen LogP contribution in [0, 0.1) is 12.8 Å². The van der Waals surface area contributed by atoms with Crippen LogP contribution in [0.1, 0.15) is 37.7 Å². The molecule has 1 fully saturated rings. The van der Waals surface area contributed by atoms with Crippen LogP contribution in [0.15, 0.2) is 24.3 Å². The molecule has 1 aromatic rings. The molecule has 4 heteroatoms. The number of ether oxygens (including phenoxy) is 1. The summed E-state index contributed by atoms with van der Waals surface area (Å²) in [6, 6.07) is 7.85. The lowest BCUT2D eigenvalue weighted by Crippen LogP contribution is -2.35. The van der Waals surface area contributed by atoms with Crippen molar-refractivity contribution in [2.75, 3.05) is 13.2 Å². The molecule has 116 valence electrons. The van der Waals surface area contributed by atoms with E-state index in [-0.39, 0.29) is 11.3 Å². The minimum atomic E-state index is 0.0390. The molecule has 0 radical (unpaired) electrons. The van der Waals surface area contributed by atoms with E-state index in [1.165, 1.54) is 12.8 Å². The number of carbonyl (C=O) groups excluding carboxylic acids is 1. The Morgan fingerprint density at radius 1 is 1.38 bits per heavy atom. The fourth-order valence-electron chi connectivity index (χ4n) is 2.69. The maximum Gasteiger partial charge on any atom is 0.223 e. The third kappa shape index (κ3) is 5.58. The summed E-state index contributed by atoms with van der Waals surface area (Å²) in [6.45, 7) is 3.12. The molecule has 2 unspecified atom stereocenters. The van der Waals surface area contributed by atoms with E-state index in [4.69, 9.17) is 16.3 Å². The molecule has 0 spiro atoms. The summed E-state index contributed by atoms with van der Waals surface area (Å²) in [5.41, 5.74) is 1.16. The molecule has 1 aromatic carbocycles. The summed E-state index contributed by atoms with van der Waals surface area (Å²) in [5, 5.41) is 3.19. The first kappa shape index (κ1) is 16.2. The fourth-order valence-corrected chi connectivity index (χ4v) is 3.06. The molecule has 0 bridgehead atoms. The molecule has 0 aliphatic heterocycles. The summed E-state index contributed by atoms with van der Waals surface area (Å²) >= 11 is 6.29. The highest BCUT2D eigenvalue weighted by Gasteiger charge is 2.23. The topological polar surface area (TPSA) is 38.3 Å². The Kier molecular flexibility index (Phi) is 6.37. The first-order chi connectivity index (χ1) is 10.1. The van der Waals surface area contributed by atoms with Crippen molar-refractivity contribution in [1.82, 2.24) is 5.32 Å². The van der Waals surface area contributed by atoms with Crippen LogP contribution < -0.4 is 10.1 Å². The molecular formula is C17H24ClNO2. The SMILES string of the molecule is Cc1cccc(OCCC(=O)NCC2CCCCC2Cl)c1. The van der Waals surface area contributed by atoms with E-state index >= 15 is 0 Å². The Morgan fingerprint density at radius 3 is 2.95 bits per heavy atom. The van der Waals surface area contributed by atoms with Gasteiger partial charge in [0.05, 0.1) is 13.0 Å². The number of hydrogen-bond acceptors (Lipinski definition) is 2. The van der Waals surface area contributed by atoms with Crippen molar-refractivity contribution in [3.63, 3.8) is 0 Å². The molecule has 1 amide bonds. The van der Waals surface area contributed by atoms with Gasteiger partial charge < -0.3 is 10.1 Å². The number of rotatable bonds is 6. The standard InChI is InChI=1S/C17H24ClNO2/c1-13-5-4-7-15(11-13)21-10-9-17(20)19-12-14-6-2-3-8-16(14)18/h4-5,7,11,14,16H,2-3,6,8-10,12H2,1H3,(H,19,20). The summed E-state index contributed by atoms with van der Waals surface area (Å²) in [7, 11) is 0. The van der Waals surface area contributed by atoms with Gasteiger partial charge in [-0.15, -0.1) is 11.6 Å². The molecule has 3 nitrogen and oxygen atoms in total. The van der Waals surface area contributed by atoms with Crippen LogP contribution in [0.25, 0.3) is 0 Å². The number of alkyl halides is 1. The number of hydrogen-bond donors (Lipinski definition) is 1. The first-order valence-corrected chi connectivity index (χ1v) is 8.19. The zero-order valence-corrected chi connectivity index (χ0v) is 13.4. The maximum atomic E-state index is 11.8. The van der Waals surface area contributed by atoms with Gasteiger partial charge in [-0.05, 0) is 43.4 Å². The molecule has 0 saturated heterocycles. The normalized spacial score (nSPS) is 21.8. The Labute approximate surface area is 132 Å². The van der Waals surface area contributed by atoms with Crippen molar-refractivity contribution in [3.8, 4) is 5.75 Å². The number of aryl methyl sites for hydroxylation is 1. The monoisotopic (exact) mass is 309 g/mol. The van der Waals surface area contributed by atoms with Crippen LogP contribution in [-0.2, 0) is 4.79 Å². The minimum absolute atomic E-state index is 0.0390. The number of benzene rings is 1. The largest absolute Gasteiger partial charge is 0.493 e. The molecular weight excluding hydrogens is 286 g/mol. The van der Waals surface area contributed by atoms with E-state index in [0.29, 0.717) is 25.5 Å². The lowest BCUT2D eigenvalue weighted by Gasteiger charge is -2.27. The average Bonchev–Trinajstić information content (AvgIpc) is 2.46. The van der Waals surface area contributed by atoms with Crippen molar-refractivity contribution in [2.24, 2.45) is 5.92 Å². The lowest BCUT2D eigenvalue weighted by atomic mass is 9.89. The molecule has 1 aliphatic carbocycles. The summed E-state index contributed by atoms with van der Waals surface area (Å²) in [4.78, 5) is 11.8. The van der Waals surface area contributed by atoms with E-state index in [0.717, 1.165) is 24.2 Å². The average molecular weight is 310 g/mol. The first-order valence-electron chi connectivity index (χ1n) is 7.75. The van der Waals surface area contributed by atoms with Crippen molar-refractivity contribution < 1.29 is 9.53 Å². The van der Waals surface area contributed by atoms with Crippen LogP contribution >= 0.6 is 11.6 Å². The van der Waals surface area contributed by atoms with Crippen LogP contribution in [0.2, 0.25) is 0 Å². The van der Waals surface area contributed by atoms with E-state index in [2.05, 4.69) is 5.32 Å². The zero-order chi connectivity index (χ0) is 15.1. The van der Waals surface area contributed by atoms with Gasteiger partial charge in [0.15, 0.2) is 0 Å². The van der Waals surface area contributed by atoms with Gasteiger partial charge in [-0.3, -0.25) is 4.79 Å². The molecule has 0 heterocycles. The second-order valence-electron chi connectivity index (χ2n) is 5.78. The van der Waals surface area contributed by atoms with Crippen LogP contribution in [0.4, 0.5) is 0 Å². The van der Waals surface area contributed by atoms with Gasteiger partial charge in [-0.25, -0.2) is 0 Å². The zero-order valence-electron chi connectivity index (χ0n) is 12.6.